The van der Waals surface area contributed by atoms with Crippen molar-refractivity contribution in [2.45, 2.75) is 35.2 Å². The fraction of sp³-hybridized carbons (Fsp3) is 0.538. The molecule has 1 aliphatic heterocycles. The maximum absolute atomic E-state index is 12.2. The van der Waals surface area contributed by atoms with E-state index >= 15 is 0 Å². The maximum atomic E-state index is 12.2. The molecule has 0 saturated heterocycles. The van der Waals surface area contributed by atoms with Gasteiger partial charge in [0, 0.05) is 10.1 Å². The lowest BCUT2D eigenvalue weighted by Gasteiger charge is -2.14. The second-order valence-electron chi connectivity index (χ2n) is 4.77. The molecule has 1 heterocycles. The van der Waals surface area contributed by atoms with E-state index in [0.29, 0.717) is 13.0 Å². The Bertz CT molecular complexity index is 488. The molecule has 0 fully saturated rings. The topological polar surface area (TPSA) is 60.2 Å². The van der Waals surface area contributed by atoms with E-state index in [4.69, 9.17) is 5.73 Å². The summed E-state index contributed by atoms with van der Waals surface area (Å²) in [5.41, 5.74) is 6.71. The molecule has 3 nitrogen and oxygen atoms in total. The molecule has 0 saturated carbocycles. The average Bonchev–Trinajstić information content (AvgIpc) is 2.70. The highest BCUT2D eigenvalue weighted by atomic mass is 32.2. The molecule has 1 aromatic carbocycles. The smallest absolute Gasteiger partial charge is 0.154 e. The summed E-state index contributed by atoms with van der Waals surface area (Å²) < 4.78 is 24.3. The Morgan fingerprint density at radius 2 is 2.17 bits per heavy atom. The molecule has 2 unspecified atom stereocenters. The van der Waals surface area contributed by atoms with E-state index in [0.717, 1.165) is 6.42 Å². The molecule has 2 atom stereocenters. The van der Waals surface area contributed by atoms with Crippen molar-refractivity contribution in [3.63, 3.8) is 0 Å². The van der Waals surface area contributed by atoms with Crippen molar-refractivity contribution in [3.8, 4) is 0 Å². The van der Waals surface area contributed by atoms with Crippen molar-refractivity contribution in [3.05, 3.63) is 29.8 Å². The molecular weight excluding hydrogens is 266 g/mol. The molecule has 5 heteroatoms. The maximum Gasteiger partial charge on any atom is 0.154 e. The van der Waals surface area contributed by atoms with Gasteiger partial charge in [0.25, 0.3) is 0 Å². The van der Waals surface area contributed by atoms with Gasteiger partial charge in [0.05, 0.1) is 11.0 Å². The first kappa shape index (κ1) is 13.9. The molecule has 0 aliphatic carbocycles. The van der Waals surface area contributed by atoms with Crippen LogP contribution in [0.3, 0.4) is 0 Å². The lowest BCUT2D eigenvalue weighted by molar-refractivity contribution is 0.576. The minimum absolute atomic E-state index is 0.160. The van der Waals surface area contributed by atoms with Crippen LogP contribution in [0.15, 0.2) is 29.2 Å². The van der Waals surface area contributed by atoms with Gasteiger partial charge in [-0.3, -0.25) is 0 Å². The Balaban J connectivity index is 2.01. The first-order valence-corrected chi connectivity index (χ1v) is 8.78. The zero-order valence-corrected chi connectivity index (χ0v) is 12.1. The second-order valence-corrected chi connectivity index (χ2v) is 8.58. The van der Waals surface area contributed by atoms with Gasteiger partial charge in [0.2, 0.25) is 0 Å². The third-order valence-electron chi connectivity index (χ3n) is 3.32. The van der Waals surface area contributed by atoms with E-state index in [2.05, 4.69) is 12.1 Å². The Hall–Kier alpha value is -0.520. The van der Waals surface area contributed by atoms with Crippen molar-refractivity contribution in [1.29, 1.82) is 0 Å². The molecule has 2 N–H and O–H groups in total. The van der Waals surface area contributed by atoms with Gasteiger partial charge < -0.3 is 5.73 Å². The fourth-order valence-corrected chi connectivity index (χ4v) is 5.57. The summed E-state index contributed by atoms with van der Waals surface area (Å²) in [4.78, 5) is 1.23. The third-order valence-corrected chi connectivity index (χ3v) is 7.18. The molecule has 1 aromatic rings. The molecule has 0 amide bonds. The zero-order valence-electron chi connectivity index (χ0n) is 10.5. The van der Waals surface area contributed by atoms with E-state index in [1.165, 1.54) is 10.5 Å². The zero-order chi connectivity index (χ0) is 13.2. The van der Waals surface area contributed by atoms with E-state index < -0.39 is 9.84 Å². The van der Waals surface area contributed by atoms with E-state index in [1.807, 2.05) is 12.1 Å². The summed E-state index contributed by atoms with van der Waals surface area (Å²) in [6.07, 6.45) is 1.40. The number of rotatable bonds is 5. The fourth-order valence-electron chi connectivity index (χ4n) is 2.18. The van der Waals surface area contributed by atoms with Gasteiger partial charge in [-0.05, 0) is 37.9 Å². The molecule has 18 heavy (non-hydrogen) atoms. The Kier molecular flexibility index (Phi) is 4.35. The van der Waals surface area contributed by atoms with Crippen LogP contribution in [0.1, 0.15) is 18.9 Å². The Labute approximate surface area is 113 Å². The van der Waals surface area contributed by atoms with Gasteiger partial charge >= 0.3 is 0 Å². The summed E-state index contributed by atoms with van der Waals surface area (Å²) >= 11 is 1.69. The lowest BCUT2D eigenvalue weighted by atomic mass is 10.1. The van der Waals surface area contributed by atoms with Crippen LogP contribution in [0.5, 0.6) is 0 Å². The van der Waals surface area contributed by atoms with Gasteiger partial charge in [-0.1, -0.05) is 18.2 Å². The molecule has 1 aliphatic rings. The molecule has 0 aromatic heterocycles. The Morgan fingerprint density at radius 3 is 2.83 bits per heavy atom. The molecular formula is C13H19NO2S2. The lowest BCUT2D eigenvalue weighted by Crippen LogP contribution is -2.28. The summed E-state index contributed by atoms with van der Waals surface area (Å²) in [7, 11) is -3.02. The highest BCUT2D eigenvalue weighted by molar-refractivity contribution is 8.01. The van der Waals surface area contributed by atoms with Crippen LogP contribution < -0.4 is 5.73 Å². The molecule has 2 rings (SSSR count). The summed E-state index contributed by atoms with van der Waals surface area (Å²) in [5, 5.41) is -0.167. The Morgan fingerprint density at radius 1 is 1.44 bits per heavy atom. The predicted molar refractivity (Wildman–Crippen MR) is 76.7 cm³/mol. The van der Waals surface area contributed by atoms with Gasteiger partial charge in [-0.15, -0.1) is 11.8 Å². The first-order chi connectivity index (χ1) is 8.53. The minimum atomic E-state index is -3.02. The van der Waals surface area contributed by atoms with E-state index in [1.54, 1.807) is 18.7 Å². The van der Waals surface area contributed by atoms with Crippen molar-refractivity contribution >= 4 is 21.6 Å². The third kappa shape index (κ3) is 3.08. The standard InChI is InChI=1S/C13H19NO2S2/c1-10(6-7-14)18(15,16)9-12-8-11-4-2-3-5-13(11)17-12/h2-5,10,12H,6-9,14H2,1H3. The summed E-state index contributed by atoms with van der Waals surface area (Å²) in [6.45, 7) is 2.19. The highest BCUT2D eigenvalue weighted by Crippen LogP contribution is 2.37. The van der Waals surface area contributed by atoms with Crippen LogP contribution in [-0.4, -0.2) is 31.2 Å². The number of hydrogen-bond acceptors (Lipinski definition) is 4. The van der Waals surface area contributed by atoms with Gasteiger partial charge in [-0.25, -0.2) is 8.42 Å². The van der Waals surface area contributed by atoms with Crippen molar-refractivity contribution in [2.24, 2.45) is 5.73 Å². The van der Waals surface area contributed by atoms with Crippen LogP contribution in [0.2, 0.25) is 0 Å². The largest absolute Gasteiger partial charge is 0.330 e. The van der Waals surface area contributed by atoms with Gasteiger partial charge in [0.15, 0.2) is 9.84 Å². The first-order valence-electron chi connectivity index (χ1n) is 6.19. The quantitative estimate of drug-likeness (QED) is 0.897. The molecule has 100 valence electrons. The number of thioether (sulfide) groups is 1. The number of nitrogens with two attached hydrogens (primary N) is 1. The normalized spacial score (nSPS) is 20.7. The van der Waals surface area contributed by atoms with Crippen LogP contribution in [0, 0.1) is 0 Å². The van der Waals surface area contributed by atoms with E-state index in [9.17, 15) is 8.42 Å². The highest BCUT2D eigenvalue weighted by Gasteiger charge is 2.29. The van der Waals surface area contributed by atoms with Crippen LogP contribution >= 0.6 is 11.8 Å². The van der Waals surface area contributed by atoms with Gasteiger partial charge in [-0.2, -0.15) is 0 Å². The van der Waals surface area contributed by atoms with Crippen molar-refractivity contribution in [1.82, 2.24) is 0 Å². The van der Waals surface area contributed by atoms with Crippen LogP contribution in [0.25, 0.3) is 0 Å². The van der Waals surface area contributed by atoms with E-state index in [-0.39, 0.29) is 16.3 Å². The number of fused-ring (bicyclic) bond motifs is 1. The SMILES string of the molecule is CC(CCN)S(=O)(=O)CC1Cc2ccccc2S1. The molecule has 0 radical (unpaired) electrons. The monoisotopic (exact) mass is 285 g/mol. The number of benzene rings is 1. The molecule has 0 spiro atoms. The van der Waals surface area contributed by atoms with Gasteiger partial charge in [0.1, 0.15) is 0 Å². The molecule has 0 bridgehead atoms. The average molecular weight is 285 g/mol. The minimum Gasteiger partial charge on any atom is -0.330 e. The van der Waals surface area contributed by atoms with Crippen LogP contribution in [0.4, 0.5) is 0 Å². The number of sulfone groups is 1. The summed E-state index contributed by atoms with van der Waals surface area (Å²) in [5.74, 6) is 0.257. The second kappa shape index (κ2) is 5.63. The predicted octanol–water partition coefficient (Wildman–Crippen LogP) is 1.86. The van der Waals surface area contributed by atoms with Crippen LogP contribution in [-0.2, 0) is 16.3 Å². The van der Waals surface area contributed by atoms with Crippen molar-refractivity contribution in [2.75, 3.05) is 12.3 Å². The summed E-state index contributed by atoms with van der Waals surface area (Å²) in [6, 6.07) is 8.15. The van der Waals surface area contributed by atoms with Crippen molar-refractivity contribution < 1.29 is 8.42 Å². The number of hydrogen-bond donors (Lipinski definition) is 1.